The Balaban J connectivity index is 3.13. The van der Waals surface area contributed by atoms with Gasteiger partial charge in [0.25, 0.3) is 0 Å². The molecule has 0 spiro atoms. The van der Waals surface area contributed by atoms with Crippen molar-refractivity contribution in [3.63, 3.8) is 0 Å². The molecule has 0 aliphatic heterocycles. The Kier molecular flexibility index (Phi) is 3.99. The monoisotopic (exact) mass is 227 g/mol. The van der Waals surface area contributed by atoms with Crippen LogP contribution in [0.15, 0.2) is 23.1 Å². The van der Waals surface area contributed by atoms with Crippen molar-refractivity contribution in [3.05, 3.63) is 23.8 Å². The first kappa shape index (κ1) is 11.9. The smallest absolute Gasteiger partial charge is 0.224 e. The summed E-state index contributed by atoms with van der Waals surface area (Å²) in [6.45, 7) is 3.50. The quantitative estimate of drug-likeness (QED) is 0.775. The predicted molar refractivity (Wildman–Crippen MR) is 59.1 cm³/mol. The van der Waals surface area contributed by atoms with E-state index in [0.29, 0.717) is 12.1 Å². The molecule has 1 aromatic rings. The lowest BCUT2D eigenvalue weighted by molar-refractivity contribution is -0.115. The Bertz CT molecular complexity index is 404. The van der Waals surface area contributed by atoms with Gasteiger partial charge in [0.2, 0.25) is 5.91 Å². The van der Waals surface area contributed by atoms with Crippen LogP contribution in [-0.4, -0.2) is 14.7 Å². The van der Waals surface area contributed by atoms with Crippen molar-refractivity contribution in [2.75, 3.05) is 5.32 Å². The summed E-state index contributed by atoms with van der Waals surface area (Å²) in [4.78, 5) is 11.4. The third kappa shape index (κ3) is 2.87. The summed E-state index contributed by atoms with van der Waals surface area (Å²) >= 11 is -2.08. The molecule has 0 saturated heterocycles. The van der Waals surface area contributed by atoms with E-state index in [2.05, 4.69) is 5.32 Å². The van der Waals surface area contributed by atoms with Crippen LogP contribution in [0.5, 0.6) is 0 Å². The second kappa shape index (κ2) is 5.04. The number of benzene rings is 1. The molecule has 1 rings (SSSR count). The average Bonchev–Trinajstić information content (AvgIpc) is 2.20. The standard InChI is InChI=1S/C10H13NO3S/c1-3-9(12)11-10-7(2)5-4-6-8(10)15(13)14/h4-6H,3H2,1-2H3,(H,11,12)(H,13,14). The number of amides is 1. The Morgan fingerprint density at radius 1 is 1.53 bits per heavy atom. The highest BCUT2D eigenvalue weighted by molar-refractivity contribution is 7.79. The van der Waals surface area contributed by atoms with Gasteiger partial charge in [-0.25, -0.2) is 4.21 Å². The SMILES string of the molecule is CCC(=O)Nc1c(C)cccc1S(=O)O. The van der Waals surface area contributed by atoms with Gasteiger partial charge < -0.3 is 9.87 Å². The van der Waals surface area contributed by atoms with Crippen LogP contribution in [0.3, 0.4) is 0 Å². The largest absolute Gasteiger partial charge is 0.325 e. The Morgan fingerprint density at radius 2 is 2.20 bits per heavy atom. The van der Waals surface area contributed by atoms with E-state index in [0.717, 1.165) is 5.56 Å². The Morgan fingerprint density at radius 3 is 2.73 bits per heavy atom. The van der Waals surface area contributed by atoms with Crippen molar-refractivity contribution in [1.82, 2.24) is 0 Å². The van der Waals surface area contributed by atoms with Gasteiger partial charge in [-0.15, -0.1) is 0 Å². The summed E-state index contributed by atoms with van der Waals surface area (Å²) in [5.41, 5.74) is 1.21. The van der Waals surface area contributed by atoms with Crippen LogP contribution >= 0.6 is 0 Å². The van der Waals surface area contributed by atoms with Gasteiger partial charge in [-0.05, 0) is 18.6 Å². The molecule has 0 saturated carbocycles. The van der Waals surface area contributed by atoms with Gasteiger partial charge >= 0.3 is 0 Å². The normalized spacial score (nSPS) is 12.2. The molecule has 0 aliphatic rings. The molecule has 0 aromatic heterocycles. The van der Waals surface area contributed by atoms with Crippen molar-refractivity contribution in [1.29, 1.82) is 0 Å². The maximum Gasteiger partial charge on any atom is 0.224 e. The molecule has 82 valence electrons. The summed E-state index contributed by atoms with van der Waals surface area (Å²) in [5.74, 6) is -0.170. The molecule has 4 nitrogen and oxygen atoms in total. The fourth-order valence-electron chi connectivity index (χ4n) is 1.17. The Labute approximate surface area is 91.0 Å². The van der Waals surface area contributed by atoms with Gasteiger partial charge in [0.05, 0.1) is 10.6 Å². The molecule has 0 bridgehead atoms. The molecule has 1 aromatic carbocycles. The molecule has 1 atom stereocenters. The summed E-state index contributed by atoms with van der Waals surface area (Å²) in [7, 11) is 0. The maximum absolute atomic E-state index is 11.2. The number of nitrogens with one attached hydrogen (secondary N) is 1. The molecule has 0 heterocycles. The predicted octanol–water partition coefficient (Wildman–Crippen LogP) is 1.92. The third-order valence-electron chi connectivity index (χ3n) is 2.01. The summed E-state index contributed by atoms with van der Waals surface area (Å²) < 4.78 is 20.0. The molecular formula is C10H13NO3S. The first-order chi connectivity index (χ1) is 7.06. The molecule has 15 heavy (non-hydrogen) atoms. The zero-order chi connectivity index (χ0) is 11.4. The molecular weight excluding hydrogens is 214 g/mol. The van der Waals surface area contributed by atoms with E-state index >= 15 is 0 Å². The van der Waals surface area contributed by atoms with Gasteiger partial charge in [-0.3, -0.25) is 4.79 Å². The summed E-state index contributed by atoms with van der Waals surface area (Å²) in [6, 6.07) is 4.98. The van der Waals surface area contributed by atoms with E-state index in [4.69, 9.17) is 4.55 Å². The number of anilines is 1. The fourth-order valence-corrected chi connectivity index (χ4v) is 1.76. The van der Waals surface area contributed by atoms with Gasteiger partial charge in [-0.1, -0.05) is 19.1 Å². The van der Waals surface area contributed by atoms with Crippen LogP contribution in [0.4, 0.5) is 5.69 Å². The second-order valence-corrected chi connectivity index (χ2v) is 4.04. The number of aryl methyl sites for hydroxylation is 1. The maximum atomic E-state index is 11.2. The molecule has 1 unspecified atom stereocenters. The lowest BCUT2D eigenvalue weighted by Crippen LogP contribution is -2.12. The zero-order valence-corrected chi connectivity index (χ0v) is 9.43. The molecule has 0 fully saturated rings. The van der Waals surface area contributed by atoms with E-state index in [9.17, 15) is 9.00 Å². The fraction of sp³-hybridized carbons (Fsp3) is 0.300. The number of hydrogen-bond donors (Lipinski definition) is 2. The molecule has 0 aliphatic carbocycles. The lowest BCUT2D eigenvalue weighted by atomic mass is 10.2. The highest BCUT2D eigenvalue weighted by Crippen LogP contribution is 2.23. The van der Waals surface area contributed by atoms with Crippen LogP contribution in [0.2, 0.25) is 0 Å². The number of rotatable bonds is 3. The minimum atomic E-state index is -2.08. The number of para-hydroxylation sites is 1. The van der Waals surface area contributed by atoms with Gasteiger partial charge in [-0.2, -0.15) is 0 Å². The minimum absolute atomic E-state index is 0.170. The average molecular weight is 227 g/mol. The van der Waals surface area contributed by atoms with Gasteiger partial charge in [0, 0.05) is 6.42 Å². The molecule has 5 heteroatoms. The van der Waals surface area contributed by atoms with E-state index in [1.807, 2.05) is 0 Å². The van der Waals surface area contributed by atoms with E-state index in [-0.39, 0.29) is 10.8 Å². The van der Waals surface area contributed by atoms with Crippen LogP contribution in [0.1, 0.15) is 18.9 Å². The molecule has 2 N–H and O–H groups in total. The highest BCUT2D eigenvalue weighted by atomic mass is 32.2. The first-order valence-electron chi connectivity index (χ1n) is 4.56. The zero-order valence-electron chi connectivity index (χ0n) is 8.61. The molecule has 1 amide bonds. The number of carbonyl (C=O) groups excluding carboxylic acids is 1. The van der Waals surface area contributed by atoms with Crippen molar-refractivity contribution >= 4 is 22.7 Å². The van der Waals surface area contributed by atoms with Crippen molar-refractivity contribution in [3.8, 4) is 0 Å². The van der Waals surface area contributed by atoms with Crippen LogP contribution in [-0.2, 0) is 15.9 Å². The van der Waals surface area contributed by atoms with Gasteiger partial charge in [0.15, 0.2) is 11.1 Å². The topological polar surface area (TPSA) is 66.4 Å². The van der Waals surface area contributed by atoms with E-state index in [1.54, 1.807) is 26.0 Å². The van der Waals surface area contributed by atoms with Crippen molar-refractivity contribution in [2.45, 2.75) is 25.2 Å². The van der Waals surface area contributed by atoms with Crippen molar-refractivity contribution in [2.24, 2.45) is 0 Å². The number of carbonyl (C=O) groups is 1. The Hall–Kier alpha value is -1.20. The van der Waals surface area contributed by atoms with Gasteiger partial charge in [0.1, 0.15) is 0 Å². The molecule has 0 radical (unpaired) electrons. The third-order valence-corrected chi connectivity index (χ3v) is 2.72. The first-order valence-corrected chi connectivity index (χ1v) is 5.67. The van der Waals surface area contributed by atoms with Crippen LogP contribution < -0.4 is 5.32 Å². The highest BCUT2D eigenvalue weighted by Gasteiger charge is 2.11. The lowest BCUT2D eigenvalue weighted by Gasteiger charge is -2.10. The minimum Gasteiger partial charge on any atom is -0.325 e. The number of hydrogen-bond acceptors (Lipinski definition) is 2. The second-order valence-electron chi connectivity index (χ2n) is 3.10. The van der Waals surface area contributed by atoms with Crippen LogP contribution in [0, 0.1) is 6.92 Å². The van der Waals surface area contributed by atoms with Crippen LogP contribution in [0.25, 0.3) is 0 Å². The summed E-state index contributed by atoms with van der Waals surface area (Å²) in [5, 5.41) is 2.62. The summed E-state index contributed by atoms with van der Waals surface area (Å²) in [6.07, 6.45) is 0.339. The van der Waals surface area contributed by atoms with E-state index < -0.39 is 11.1 Å². The van der Waals surface area contributed by atoms with Crippen molar-refractivity contribution < 1.29 is 13.6 Å². The van der Waals surface area contributed by atoms with E-state index in [1.165, 1.54) is 6.07 Å².